The van der Waals surface area contributed by atoms with Gasteiger partial charge < -0.3 is 10.2 Å². The lowest BCUT2D eigenvalue weighted by Gasteiger charge is -2.33. The molecule has 6 rings (SSSR count). The van der Waals surface area contributed by atoms with Gasteiger partial charge in [0, 0.05) is 51.1 Å². The average Bonchev–Trinajstić information content (AvgIpc) is 3.34. The van der Waals surface area contributed by atoms with Gasteiger partial charge in [-0.05, 0) is 62.7 Å². The average molecular weight is 644 g/mol. The topological polar surface area (TPSA) is 154 Å². The van der Waals surface area contributed by atoms with Crippen LogP contribution >= 0.6 is 11.6 Å². The molecule has 3 N–H and O–H groups in total. The number of hydrogen-bond donors (Lipinski definition) is 3. The van der Waals surface area contributed by atoms with E-state index in [9.17, 15) is 18.0 Å². The summed E-state index contributed by atoms with van der Waals surface area (Å²) in [5, 5.41) is 11.8. The van der Waals surface area contributed by atoms with E-state index in [1.165, 1.54) is 22.3 Å². The number of rotatable bonds is 9. The Labute approximate surface area is 261 Å². The molecule has 2 aromatic heterocycles. The number of fused-ring (bicyclic) bond motifs is 1. The van der Waals surface area contributed by atoms with Gasteiger partial charge in [-0.2, -0.15) is 17.8 Å². The maximum absolute atomic E-state index is 12.9. The van der Waals surface area contributed by atoms with E-state index >= 15 is 0 Å². The van der Waals surface area contributed by atoms with Crippen LogP contribution in [0.2, 0.25) is 5.02 Å². The molecule has 1 aromatic carbocycles. The zero-order valence-electron chi connectivity index (χ0n) is 24.7. The number of halogens is 1. The Bertz CT molecular complexity index is 1620. The fourth-order valence-electron chi connectivity index (χ4n) is 6.49. The Morgan fingerprint density at radius 2 is 1.75 bits per heavy atom. The van der Waals surface area contributed by atoms with Crippen molar-refractivity contribution in [2.24, 2.45) is 7.05 Å². The zero-order chi connectivity index (χ0) is 30.8. The molecule has 0 aliphatic carbocycles. The molecule has 3 saturated heterocycles. The first-order chi connectivity index (χ1) is 21.2. The van der Waals surface area contributed by atoms with Gasteiger partial charge in [-0.1, -0.05) is 23.7 Å². The number of nitrogens with zero attached hydrogens (tertiary/aromatic N) is 6. The maximum atomic E-state index is 12.9. The minimum atomic E-state index is -3.55. The van der Waals surface area contributed by atoms with E-state index in [1.54, 1.807) is 0 Å². The van der Waals surface area contributed by atoms with Gasteiger partial charge in [-0.15, -0.1) is 0 Å². The van der Waals surface area contributed by atoms with Crippen LogP contribution in [0.5, 0.6) is 0 Å². The molecule has 0 spiro atoms. The fourth-order valence-corrected chi connectivity index (χ4v) is 7.81. The molecule has 0 bridgehead atoms. The monoisotopic (exact) mass is 643 g/mol. The Kier molecular flexibility index (Phi) is 9.15. The summed E-state index contributed by atoms with van der Waals surface area (Å²) in [6.07, 6.45) is 7.17. The molecule has 1 unspecified atom stereocenters. The number of amides is 2. The number of carbonyl (C=O) groups excluding carboxylic acids is 2. The molecule has 13 nitrogen and oxygen atoms in total. The van der Waals surface area contributed by atoms with Gasteiger partial charge in [-0.25, -0.2) is 14.7 Å². The molecule has 1 atom stereocenters. The van der Waals surface area contributed by atoms with Crippen LogP contribution in [0.15, 0.2) is 30.6 Å². The van der Waals surface area contributed by atoms with Crippen LogP contribution in [0.1, 0.15) is 61.6 Å². The number of likely N-dealkylation sites (tertiary alicyclic amines) is 1. The van der Waals surface area contributed by atoms with Gasteiger partial charge in [0.2, 0.25) is 17.8 Å². The van der Waals surface area contributed by atoms with Gasteiger partial charge in [0.05, 0.1) is 34.5 Å². The number of imide groups is 1. The van der Waals surface area contributed by atoms with Crippen molar-refractivity contribution < 1.29 is 18.0 Å². The third kappa shape index (κ3) is 6.89. The van der Waals surface area contributed by atoms with Crippen molar-refractivity contribution in [2.45, 2.75) is 56.4 Å². The van der Waals surface area contributed by atoms with Crippen molar-refractivity contribution in [2.75, 3.05) is 44.6 Å². The van der Waals surface area contributed by atoms with Gasteiger partial charge in [-0.3, -0.25) is 19.6 Å². The lowest BCUT2D eigenvalue weighted by Crippen LogP contribution is -2.49. The number of aryl methyl sites for hydroxylation is 1. The Morgan fingerprint density at radius 3 is 2.45 bits per heavy atom. The van der Waals surface area contributed by atoms with Crippen LogP contribution in [-0.2, 0) is 26.8 Å². The molecular formula is C29H38ClN9O4S. The first kappa shape index (κ1) is 30.8. The Morgan fingerprint density at radius 1 is 1.02 bits per heavy atom. The molecule has 3 aromatic rings. The van der Waals surface area contributed by atoms with E-state index in [0.717, 1.165) is 42.5 Å². The zero-order valence-corrected chi connectivity index (χ0v) is 26.3. The van der Waals surface area contributed by atoms with Crippen LogP contribution < -0.4 is 15.4 Å². The van der Waals surface area contributed by atoms with Crippen LogP contribution in [0.25, 0.3) is 10.9 Å². The maximum Gasteiger partial charge on any atom is 0.279 e. The van der Waals surface area contributed by atoms with Crippen molar-refractivity contribution >= 4 is 50.5 Å². The highest BCUT2D eigenvalue weighted by atomic mass is 35.5. The van der Waals surface area contributed by atoms with Crippen LogP contribution in [0, 0.1) is 0 Å². The van der Waals surface area contributed by atoms with Gasteiger partial charge in [0.25, 0.3) is 10.2 Å². The van der Waals surface area contributed by atoms with Gasteiger partial charge in [0.15, 0.2) is 0 Å². The predicted octanol–water partition coefficient (Wildman–Crippen LogP) is 2.13. The second-order valence-corrected chi connectivity index (χ2v) is 14.0. The number of nitrogens with one attached hydrogen (secondary N) is 3. The molecule has 236 valence electrons. The number of anilines is 1. The summed E-state index contributed by atoms with van der Waals surface area (Å²) >= 11 is 5.84. The van der Waals surface area contributed by atoms with E-state index in [2.05, 4.69) is 53.5 Å². The van der Waals surface area contributed by atoms with E-state index < -0.39 is 16.1 Å². The molecule has 0 radical (unpaired) electrons. The Balaban J connectivity index is 0.958. The van der Waals surface area contributed by atoms with Crippen LogP contribution in [0.4, 0.5) is 5.95 Å². The summed E-state index contributed by atoms with van der Waals surface area (Å²) < 4.78 is 32.0. The number of piperidine rings is 3. The number of benzene rings is 1. The lowest BCUT2D eigenvalue weighted by molar-refractivity contribution is -0.134. The summed E-state index contributed by atoms with van der Waals surface area (Å²) in [7, 11) is -1.66. The first-order valence-electron chi connectivity index (χ1n) is 15.2. The molecule has 44 heavy (non-hydrogen) atoms. The molecule has 3 aliphatic rings. The van der Waals surface area contributed by atoms with Gasteiger partial charge >= 0.3 is 0 Å². The molecule has 3 aliphatic heterocycles. The number of carbonyl (C=O) groups is 2. The normalized spacial score (nSPS) is 21.5. The highest BCUT2D eigenvalue weighted by Crippen LogP contribution is 2.34. The van der Waals surface area contributed by atoms with E-state index in [-0.39, 0.29) is 17.9 Å². The van der Waals surface area contributed by atoms with Crippen molar-refractivity contribution in [3.8, 4) is 0 Å². The van der Waals surface area contributed by atoms with Crippen molar-refractivity contribution in [1.82, 2.24) is 39.0 Å². The molecule has 5 heterocycles. The summed E-state index contributed by atoms with van der Waals surface area (Å²) in [4.78, 5) is 34.7. The van der Waals surface area contributed by atoms with Crippen LogP contribution in [-0.4, -0.2) is 94.5 Å². The van der Waals surface area contributed by atoms with Gasteiger partial charge in [0.1, 0.15) is 0 Å². The summed E-state index contributed by atoms with van der Waals surface area (Å²) in [5.74, 6) is -0.0265. The lowest BCUT2D eigenvalue weighted by atomic mass is 9.88. The summed E-state index contributed by atoms with van der Waals surface area (Å²) in [6.45, 7) is 3.67. The number of aromatic nitrogens is 4. The smallest absolute Gasteiger partial charge is 0.279 e. The van der Waals surface area contributed by atoms with Crippen LogP contribution in [0.3, 0.4) is 0 Å². The molecular weight excluding hydrogens is 606 g/mol. The summed E-state index contributed by atoms with van der Waals surface area (Å²) in [5.41, 5.74) is 2.96. The standard InChI is InChI=1S/C29H38ClN9O4S/c1-37-25-16-20(2-3-23(25)27(36-37)24-4-5-26(40)35-28(24)41)19-6-11-38(12-7-19)15-10-33-44(42,43)39-13-8-22(9-14-39)34-29-31-17-21(30)18-32-29/h2-3,16-19,22,24,33H,4-15H2,1H3,(H,31,32,34)(H,35,40,41). The minimum Gasteiger partial charge on any atom is -0.351 e. The first-order valence-corrected chi connectivity index (χ1v) is 17.0. The SMILES string of the molecule is Cn1nc(C2CCC(=O)NC2=O)c2ccc(C3CCN(CCNS(=O)(=O)N4CCC(Nc5ncc(Cl)cn5)CC4)CC3)cc21. The second-order valence-electron chi connectivity index (χ2n) is 11.8. The van der Waals surface area contributed by atoms with Crippen molar-refractivity contribution in [3.63, 3.8) is 0 Å². The molecule has 2 amide bonds. The second kappa shape index (κ2) is 13.1. The largest absolute Gasteiger partial charge is 0.351 e. The van der Waals surface area contributed by atoms with Crippen molar-refractivity contribution in [3.05, 3.63) is 46.9 Å². The van der Waals surface area contributed by atoms with E-state index in [0.29, 0.717) is 68.8 Å². The minimum absolute atomic E-state index is 0.106. The fraction of sp³-hybridized carbons (Fsp3) is 0.552. The van der Waals surface area contributed by atoms with Crippen molar-refractivity contribution in [1.29, 1.82) is 0 Å². The molecule has 0 saturated carbocycles. The van der Waals surface area contributed by atoms with E-state index in [4.69, 9.17) is 11.6 Å². The predicted molar refractivity (Wildman–Crippen MR) is 166 cm³/mol. The quantitative estimate of drug-likeness (QED) is 0.298. The Hall–Kier alpha value is -3.17. The third-order valence-corrected chi connectivity index (χ3v) is 10.8. The third-order valence-electron chi connectivity index (χ3n) is 8.99. The molecule has 3 fully saturated rings. The number of hydrogen-bond acceptors (Lipinski definition) is 9. The highest BCUT2D eigenvalue weighted by molar-refractivity contribution is 7.87. The molecule has 15 heteroatoms. The summed E-state index contributed by atoms with van der Waals surface area (Å²) in [6, 6.07) is 6.47. The van der Waals surface area contributed by atoms with E-state index in [1.807, 2.05) is 11.7 Å². The highest BCUT2D eigenvalue weighted by Gasteiger charge is 2.32.